The highest BCUT2D eigenvalue weighted by Gasteiger charge is 2.20. The molecule has 144 valence electrons. The molecule has 0 unspecified atom stereocenters. The average molecular weight is 387 g/mol. The third-order valence-electron chi connectivity index (χ3n) is 5.32. The average Bonchev–Trinajstić information content (AvgIpc) is 2.94. The molecule has 27 heavy (non-hydrogen) atoms. The predicted molar refractivity (Wildman–Crippen MR) is 110 cm³/mol. The van der Waals surface area contributed by atoms with Crippen molar-refractivity contribution in [2.24, 2.45) is 0 Å². The van der Waals surface area contributed by atoms with Crippen molar-refractivity contribution in [3.63, 3.8) is 0 Å². The van der Waals surface area contributed by atoms with Gasteiger partial charge in [-0.05, 0) is 51.4 Å². The Hall–Kier alpha value is -2.11. The van der Waals surface area contributed by atoms with Crippen LogP contribution in [0, 0.1) is 13.8 Å². The first-order valence-electron chi connectivity index (χ1n) is 9.41. The van der Waals surface area contributed by atoms with Gasteiger partial charge in [0.1, 0.15) is 0 Å². The van der Waals surface area contributed by atoms with E-state index in [1.165, 1.54) is 0 Å². The Morgan fingerprint density at radius 1 is 1.30 bits per heavy atom. The van der Waals surface area contributed by atoms with Crippen LogP contribution in [0.25, 0.3) is 6.08 Å². The molecule has 0 aliphatic carbocycles. The molecule has 0 bridgehead atoms. The highest BCUT2D eigenvalue weighted by molar-refractivity contribution is 6.31. The second-order valence-corrected chi connectivity index (χ2v) is 7.46. The van der Waals surface area contributed by atoms with Gasteiger partial charge in [-0.1, -0.05) is 29.8 Å². The van der Waals surface area contributed by atoms with Gasteiger partial charge in [0.15, 0.2) is 0 Å². The molecule has 6 heteroatoms. The van der Waals surface area contributed by atoms with Crippen LogP contribution in [0.15, 0.2) is 30.3 Å². The smallest absolute Gasteiger partial charge is 0.246 e. The number of nitrogens with one attached hydrogen (secondary N) is 1. The largest absolute Gasteiger partial charge is 0.339 e. The van der Waals surface area contributed by atoms with Gasteiger partial charge in [0.05, 0.1) is 12.2 Å². The topological polar surface area (TPSA) is 50.2 Å². The van der Waals surface area contributed by atoms with E-state index in [-0.39, 0.29) is 5.91 Å². The third-order valence-corrected chi connectivity index (χ3v) is 5.69. The van der Waals surface area contributed by atoms with Crippen LogP contribution in [-0.2, 0) is 11.3 Å². The Labute approximate surface area is 166 Å². The lowest BCUT2D eigenvalue weighted by molar-refractivity contribution is -0.127. The summed E-state index contributed by atoms with van der Waals surface area (Å²) in [5, 5.41) is 8.66. The second-order valence-electron chi connectivity index (χ2n) is 7.06. The van der Waals surface area contributed by atoms with Crippen molar-refractivity contribution >= 4 is 23.6 Å². The fraction of sp³-hybridized carbons (Fsp3) is 0.429. The standard InChI is InChI=1S/C21H27ClN4O/c1-15-19(8-9-21(27)25-12-10-18(23-3)11-13-25)16(2)26(24-15)14-17-6-4-5-7-20(17)22/h4-9,18,23H,10-14H2,1-3H3. The molecule has 1 N–H and O–H groups in total. The molecule has 0 atom stereocenters. The number of hydrogen-bond acceptors (Lipinski definition) is 3. The molecule has 2 heterocycles. The quantitative estimate of drug-likeness (QED) is 0.801. The molecule has 1 fully saturated rings. The number of halogens is 1. The molecular weight excluding hydrogens is 360 g/mol. The summed E-state index contributed by atoms with van der Waals surface area (Å²) in [6, 6.07) is 8.31. The van der Waals surface area contributed by atoms with Gasteiger partial charge in [0, 0.05) is 41.5 Å². The van der Waals surface area contributed by atoms with E-state index in [1.54, 1.807) is 6.08 Å². The number of rotatable bonds is 5. The number of carbonyl (C=O) groups excluding carboxylic acids is 1. The Kier molecular flexibility index (Phi) is 6.34. The summed E-state index contributed by atoms with van der Waals surface area (Å²) in [4.78, 5) is 14.4. The molecule has 1 saturated heterocycles. The number of hydrogen-bond donors (Lipinski definition) is 1. The fourth-order valence-electron chi connectivity index (χ4n) is 3.54. The zero-order valence-electron chi connectivity index (χ0n) is 16.2. The molecule has 1 aromatic carbocycles. The van der Waals surface area contributed by atoms with Crippen molar-refractivity contribution < 1.29 is 4.79 Å². The van der Waals surface area contributed by atoms with Gasteiger partial charge in [0.2, 0.25) is 5.91 Å². The van der Waals surface area contributed by atoms with Crippen molar-refractivity contribution in [3.8, 4) is 0 Å². The van der Waals surface area contributed by atoms with Crippen LogP contribution in [0.4, 0.5) is 0 Å². The summed E-state index contributed by atoms with van der Waals surface area (Å²) in [5.74, 6) is 0.0715. The first-order chi connectivity index (χ1) is 13.0. The summed E-state index contributed by atoms with van der Waals surface area (Å²) in [7, 11) is 1.98. The maximum atomic E-state index is 12.5. The zero-order chi connectivity index (χ0) is 19.4. The summed E-state index contributed by atoms with van der Waals surface area (Å²) < 4.78 is 1.94. The van der Waals surface area contributed by atoms with Crippen molar-refractivity contribution in [1.29, 1.82) is 0 Å². The van der Waals surface area contributed by atoms with Crippen molar-refractivity contribution in [2.45, 2.75) is 39.3 Å². The minimum absolute atomic E-state index is 0.0715. The molecule has 1 aromatic heterocycles. The van der Waals surface area contributed by atoms with Gasteiger partial charge in [0.25, 0.3) is 0 Å². The molecule has 1 aliphatic rings. The van der Waals surface area contributed by atoms with E-state index in [0.717, 1.165) is 53.5 Å². The predicted octanol–water partition coefficient (Wildman–Crippen LogP) is 3.43. The van der Waals surface area contributed by atoms with Crippen LogP contribution in [0.1, 0.15) is 35.4 Å². The summed E-state index contributed by atoms with van der Waals surface area (Å²) in [6.45, 7) is 6.22. The molecule has 0 spiro atoms. The highest BCUT2D eigenvalue weighted by atomic mass is 35.5. The molecule has 1 aliphatic heterocycles. The van der Waals surface area contributed by atoms with Crippen molar-refractivity contribution in [3.05, 3.63) is 57.9 Å². The molecule has 5 nitrogen and oxygen atoms in total. The lowest BCUT2D eigenvalue weighted by Crippen LogP contribution is -2.43. The fourth-order valence-corrected chi connectivity index (χ4v) is 3.74. The molecular formula is C21H27ClN4O. The third kappa shape index (κ3) is 4.60. The number of piperidine rings is 1. The van der Waals surface area contributed by atoms with Gasteiger partial charge in [-0.25, -0.2) is 0 Å². The Bertz CT molecular complexity index is 835. The van der Waals surface area contributed by atoms with E-state index >= 15 is 0 Å². The number of aromatic nitrogens is 2. The molecule has 2 aromatic rings. The number of amides is 1. The van der Waals surface area contributed by atoms with Crippen LogP contribution in [0.5, 0.6) is 0 Å². The maximum Gasteiger partial charge on any atom is 0.246 e. The first-order valence-corrected chi connectivity index (χ1v) is 9.79. The minimum atomic E-state index is 0.0715. The van der Waals surface area contributed by atoms with Gasteiger partial charge in [-0.3, -0.25) is 9.48 Å². The molecule has 1 amide bonds. The van der Waals surface area contributed by atoms with Crippen LogP contribution in [0.3, 0.4) is 0 Å². The lowest BCUT2D eigenvalue weighted by Gasteiger charge is -2.31. The van der Waals surface area contributed by atoms with Crippen LogP contribution in [-0.4, -0.2) is 46.8 Å². The van der Waals surface area contributed by atoms with E-state index in [0.29, 0.717) is 12.6 Å². The Morgan fingerprint density at radius 2 is 2.00 bits per heavy atom. The number of benzene rings is 1. The van der Waals surface area contributed by atoms with E-state index in [4.69, 9.17) is 11.6 Å². The second kappa shape index (κ2) is 8.72. The number of carbonyl (C=O) groups is 1. The SMILES string of the molecule is CNC1CCN(C(=O)C=Cc2c(C)nn(Cc3ccccc3Cl)c2C)CC1. The maximum absolute atomic E-state index is 12.5. The Balaban J connectivity index is 1.70. The van der Waals surface area contributed by atoms with Gasteiger partial charge in [-0.15, -0.1) is 0 Å². The summed E-state index contributed by atoms with van der Waals surface area (Å²) in [5.41, 5.74) is 3.98. The molecule has 3 rings (SSSR count). The number of aryl methyl sites for hydroxylation is 1. The van der Waals surface area contributed by atoms with E-state index in [9.17, 15) is 4.79 Å². The van der Waals surface area contributed by atoms with Crippen molar-refractivity contribution in [1.82, 2.24) is 20.0 Å². The molecule has 0 saturated carbocycles. The lowest BCUT2D eigenvalue weighted by atomic mass is 10.1. The normalized spacial score (nSPS) is 15.6. The van der Waals surface area contributed by atoms with E-state index < -0.39 is 0 Å². The first kappa shape index (κ1) is 19.6. The van der Waals surface area contributed by atoms with Crippen LogP contribution in [0.2, 0.25) is 5.02 Å². The monoisotopic (exact) mass is 386 g/mol. The van der Waals surface area contributed by atoms with Crippen LogP contribution >= 0.6 is 11.6 Å². The van der Waals surface area contributed by atoms with Crippen LogP contribution < -0.4 is 5.32 Å². The highest BCUT2D eigenvalue weighted by Crippen LogP contribution is 2.20. The zero-order valence-corrected chi connectivity index (χ0v) is 17.0. The van der Waals surface area contributed by atoms with Gasteiger partial charge >= 0.3 is 0 Å². The summed E-state index contributed by atoms with van der Waals surface area (Å²) >= 11 is 6.27. The number of likely N-dealkylation sites (tertiary alicyclic amines) is 1. The Morgan fingerprint density at radius 3 is 2.67 bits per heavy atom. The minimum Gasteiger partial charge on any atom is -0.339 e. The van der Waals surface area contributed by atoms with Crippen molar-refractivity contribution in [2.75, 3.05) is 20.1 Å². The van der Waals surface area contributed by atoms with E-state index in [1.807, 2.05) is 60.8 Å². The number of nitrogens with zero attached hydrogens (tertiary/aromatic N) is 3. The molecule has 0 radical (unpaired) electrons. The van der Waals surface area contributed by atoms with Gasteiger partial charge in [-0.2, -0.15) is 5.10 Å². The van der Waals surface area contributed by atoms with E-state index in [2.05, 4.69) is 10.4 Å². The van der Waals surface area contributed by atoms with Gasteiger partial charge < -0.3 is 10.2 Å². The summed E-state index contributed by atoms with van der Waals surface area (Å²) in [6.07, 6.45) is 5.58.